The maximum atomic E-state index is 12.5. The maximum Gasteiger partial charge on any atom is 0.253 e. The Morgan fingerprint density at radius 2 is 1.57 bits per heavy atom. The molecule has 0 aliphatic carbocycles. The lowest BCUT2D eigenvalue weighted by Crippen LogP contribution is -2.50. The van der Waals surface area contributed by atoms with Crippen LogP contribution in [0.4, 0.5) is 0 Å². The van der Waals surface area contributed by atoms with Crippen molar-refractivity contribution in [2.75, 3.05) is 40.3 Å². The van der Waals surface area contributed by atoms with Gasteiger partial charge in [0.1, 0.15) is 0 Å². The minimum atomic E-state index is 0. The number of halogens is 2. The summed E-state index contributed by atoms with van der Waals surface area (Å²) in [5, 5.41) is 0. The smallest absolute Gasteiger partial charge is 0.253 e. The topological polar surface area (TPSA) is 26.8 Å². The van der Waals surface area contributed by atoms with E-state index in [4.69, 9.17) is 0 Å². The van der Waals surface area contributed by atoms with E-state index in [0.29, 0.717) is 6.04 Å². The number of hydrogen-bond donors (Lipinski definition) is 0. The quantitative estimate of drug-likeness (QED) is 0.824. The first-order chi connectivity index (χ1) is 9.97. The SMILES string of the molecule is CC(C)N1CCN(C(=O)c2ccc(CN(C)C)cc2)CC1.Cl.Cl. The van der Waals surface area contributed by atoms with Gasteiger partial charge in [0.15, 0.2) is 0 Å². The molecule has 0 atom stereocenters. The minimum Gasteiger partial charge on any atom is -0.336 e. The summed E-state index contributed by atoms with van der Waals surface area (Å²) in [6.07, 6.45) is 0. The van der Waals surface area contributed by atoms with Gasteiger partial charge in [-0.2, -0.15) is 0 Å². The molecule has 1 saturated heterocycles. The van der Waals surface area contributed by atoms with Gasteiger partial charge in [-0.15, -0.1) is 24.8 Å². The second-order valence-corrected chi connectivity index (χ2v) is 6.36. The lowest BCUT2D eigenvalue weighted by molar-refractivity contribution is 0.0595. The molecule has 0 aromatic heterocycles. The number of carbonyl (C=O) groups is 1. The van der Waals surface area contributed by atoms with Gasteiger partial charge < -0.3 is 9.80 Å². The van der Waals surface area contributed by atoms with Crippen molar-refractivity contribution in [3.8, 4) is 0 Å². The molecule has 1 aromatic carbocycles. The Balaban J connectivity index is 0.00000242. The fourth-order valence-electron chi connectivity index (χ4n) is 2.74. The molecular weight excluding hydrogens is 333 g/mol. The molecule has 132 valence electrons. The first-order valence-corrected chi connectivity index (χ1v) is 7.74. The van der Waals surface area contributed by atoms with Crippen molar-refractivity contribution in [2.45, 2.75) is 26.4 Å². The second kappa shape index (κ2) is 10.1. The molecule has 0 saturated carbocycles. The monoisotopic (exact) mass is 361 g/mol. The van der Waals surface area contributed by atoms with Gasteiger partial charge in [-0.25, -0.2) is 0 Å². The fraction of sp³-hybridized carbons (Fsp3) is 0.588. The molecular formula is C17H29Cl2N3O. The average Bonchev–Trinajstić information content (AvgIpc) is 2.47. The average molecular weight is 362 g/mol. The number of benzene rings is 1. The highest BCUT2D eigenvalue weighted by atomic mass is 35.5. The summed E-state index contributed by atoms with van der Waals surface area (Å²) in [7, 11) is 4.10. The van der Waals surface area contributed by atoms with E-state index in [1.807, 2.05) is 31.1 Å². The molecule has 1 aliphatic heterocycles. The van der Waals surface area contributed by atoms with E-state index in [-0.39, 0.29) is 30.7 Å². The molecule has 6 heteroatoms. The van der Waals surface area contributed by atoms with Crippen LogP contribution in [0.25, 0.3) is 0 Å². The van der Waals surface area contributed by atoms with Crippen LogP contribution >= 0.6 is 24.8 Å². The largest absolute Gasteiger partial charge is 0.336 e. The van der Waals surface area contributed by atoms with E-state index in [1.54, 1.807) is 0 Å². The van der Waals surface area contributed by atoms with Gasteiger partial charge in [-0.3, -0.25) is 9.69 Å². The first-order valence-electron chi connectivity index (χ1n) is 7.74. The van der Waals surface area contributed by atoms with E-state index in [1.165, 1.54) is 5.56 Å². The van der Waals surface area contributed by atoms with Crippen molar-refractivity contribution in [2.24, 2.45) is 0 Å². The summed E-state index contributed by atoms with van der Waals surface area (Å²) in [6.45, 7) is 8.93. The van der Waals surface area contributed by atoms with E-state index in [9.17, 15) is 4.79 Å². The third-order valence-electron chi connectivity index (χ3n) is 4.03. The van der Waals surface area contributed by atoms with Crippen molar-refractivity contribution in [1.29, 1.82) is 0 Å². The third kappa shape index (κ3) is 6.30. The van der Waals surface area contributed by atoms with E-state index < -0.39 is 0 Å². The summed E-state index contributed by atoms with van der Waals surface area (Å²) >= 11 is 0. The predicted molar refractivity (Wildman–Crippen MR) is 101 cm³/mol. The van der Waals surface area contributed by atoms with Crippen LogP contribution in [-0.2, 0) is 6.54 Å². The van der Waals surface area contributed by atoms with E-state index >= 15 is 0 Å². The maximum absolute atomic E-state index is 12.5. The van der Waals surface area contributed by atoms with Gasteiger partial charge in [-0.1, -0.05) is 12.1 Å². The van der Waals surface area contributed by atoms with Crippen molar-refractivity contribution in [3.05, 3.63) is 35.4 Å². The summed E-state index contributed by atoms with van der Waals surface area (Å²) in [4.78, 5) is 19.0. The number of piperazine rings is 1. The van der Waals surface area contributed by atoms with Crippen LogP contribution in [0.5, 0.6) is 0 Å². The van der Waals surface area contributed by atoms with Gasteiger partial charge in [0, 0.05) is 44.3 Å². The molecule has 1 aliphatic rings. The molecule has 0 spiro atoms. The number of carbonyl (C=O) groups excluding carboxylic acids is 1. The van der Waals surface area contributed by atoms with Gasteiger partial charge in [-0.05, 0) is 45.6 Å². The second-order valence-electron chi connectivity index (χ2n) is 6.36. The van der Waals surface area contributed by atoms with Gasteiger partial charge >= 0.3 is 0 Å². The molecule has 1 amide bonds. The molecule has 2 rings (SSSR count). The normalized spacial score (nSPS) is 15.3. The minimum absolute atomic E-state index is 0. The fourth-order valence-corrected chi connectivity index (χ4v) is 2.74. The Labute approximate surface area is 152 Å². The zero-order valence-electron chi connectivity index (χ0n) is 14.5. The highest BCUT2D eigenvalue weighted by Crippen LogP contribution is 2.12. The summed E-state index contributed by atoms with van der Waals surface area (Å²) < 4.78 is 0. The van der Waals surface area contributed by atoms with Crippen molar-refractivity contribution < 1.29 is 4.79 Å². The third-order valence-corrected chi connectivity index (χ3v) is 4.03. The Morgan fingerprint density at radius 1 is 1.04 bits per heavy atom. The van der Waals surface area contributed by atoms with Crippen LogP contribution in [-0.4, -0.2) is 66.9 Å². The van der Waals surface area contributed by atoms with Crippen LogP contribution < -0.4 is 0 Å². The standard InChI is InChI=1S/C17H27N3O.2ClH/c1-14(2)19-9-11-20(12-10-19)17(21)16-7-5-15(6-8-16)13-18(3)4;;/h5-8,14H,9-13H2,1-4H3;2*1H. The predicted octanol–water partition coefficient (Wildman–Crippen LogP) is 2.76. The number of nitrogens with zero attached hydrogens (tertiary/aromatic N) is 3. The Morgan fingerprint density at radius 3 is 2.00 bits per heavy atom. The first kappa shape index (κ1) is 22.2. The molecule has 0 unspecified atom stereocenters. The summed E-state index contributed by atoms with van der Waals surface area (Å²) in [6, 6.07) is 8.58. The lowest BCUT2D eigenvalue weighted by atomic mass is 10.1. The lowest BCUT2D eigenvalue weighted by Gasteiger charge is -2.37. The van der Waals surface area contributed by atoms with Gasteiger partial charge in [0.2, 0.25) is 0 Å². The molecule has 23 heavy (non-hydrogen) atoms. The molecule has 1 fully saturated rings. The number of rotatable bonds is 4. The Bertz CT molecular complexity index is 469. The number of hydrogen-bond acceptors (Lipinski definition) is 3. The molecule has 4 nitrogen and oxygen atoms in total. The highest BCUT2D eigenvalue weighted by Gasteiger charge is 2.23. The molecule has 1 aromatic rings. The van der Waals surface area contributed by atoms with Gasteiger partial charge in [0.05, 0.1) is 0 Å². The Hall–Kier alpha value is -0.810. The van der Waals surface area contributed by atoms with E-state index in [0.717, 1.165) is 38.3 Å². The van der Waals surface area contributed by atoms with Gasteiger partial charge in [0.25, 0.3) is 5.91 Å². The zero-order valence-corrected chi connectivity index (χ0v) is 16.1. The van der Waals surface area contributed by atoms with Crippen LogP contribution in [0.3, 0.4) is 0 Å². The van der Waals surface area contributed by atoms with E-state index in [2.05, 4.69) is 35.8 Å². The van der Waals surface area contributed by atoms with Crippen LogP contribution in [0.1, 0.15) is 29.8 Å². The summed E-state index contributed by atoms with van der Waals surface area (Å²) in [5.74, 6) is 0.162. The number of amides is 1. The Kier molecular flexibility index (Phi) is 9.78. The zero-order chi connectivity index (χ0) is 15.4. The molecule has 1 heterocycles. The van der Waals surface area contributed by atoms with Crippen molar-refractivity contribution in [3.63, 3.8) is 0 Å². The van der Waals surface area contributed by atoms with Crippen LogP contribution in [0.2, 0.25) is 0 Å². The molecule has 0 radical (unpaired) electrons. The van der Waals surface area contributed by atoms with Crippen LogP contribution in [0.15, 0.2) is 24.3 Å². The molecule has 0 bridgehead atoms. The van der Waals surface area contributed by atoms with Crippen LogP contribution in [0, 0.1) is 0 Å². The van der Waals surface area contributed by atoms with Crippen molar-refractivity contribution in [1.82, 2.24) is 14.7 Å². The van der Waals surface area contributed by atoms with Crippen molar-refractivity contribution >= 4 is 30.7 Å². The molecule has 0 N–H and O–H groups in total. The summed E-state index contributed by atoms with van der Waals surface area (Å²) in [5.41, 5.74) is 2.04. The highest BCUT2D eigenvalue weighted by molar-refractivity contribution is 5.94.